The second kappa shape index (κ2) is 11.5. The molecule has 0 aliphatic carbocycles. The van der Waals surface area contributed by atoms with Gasteiger partial charge in [-0.1, -0.05) is 24.3 Å². The number of alkyl carbamates (subject to hydrolysis) is 1. The lowest BCUT2D eigenvalue weighted by Crippen LogP contribution is -2.41. The Kier molecular flexibility index (Phi) is 9.75. The molecule has 0 heterocycles. The van der Waals surface area contributed by atoms with Crippen molar-refractivity contribution in [2.45, 2.75) is 71.4 Å². The molecule has 0 radical (unpaired) electrons. The summed E-state index contributed by atoms with van der Waals surface area (Å²) < 4.78 is 35.2. The van der Waals surface area contributed by atoms with Crippen molar-refractivity contribution in [3.63, 3.8) is 0 Å². The molecular formula is C25H35N3O6S. The van der Waals surface area contributed by atoms with Gasteiger partial charge in [-0.25, -0.2) is 4.79 Å². The number of rotatable bonds is 7. The van der Waals surface area contributed by atoms with Gasteiger partial charge in [0.05, 0.1) is 10.9 Å². The van der Waals surface area contributed by atoms with Gasteiger partial charge in [0.25, 0.3) is 10.0 Å². The number of carbonyl (C=O) groups excluding carboxylic acids is 2. The number of amidine groups is 1. The smallest absolute Gasteiger partial charge is 0.408 e. The number of amides is 1. The molecule has 0 saturated carbocycles. The fourth-order valence-electron chi connectivity index (χ4n) is 3.59. The number of nitrogens with one attached hydrogen (secondary N) is 1. The Morgan fingerprint density at radius 2 is 1.74 bits per heavy atom. The van der Waals surface area contributed by atoms with E-state index in [2.05, 4.69) is 9.71 Å². The van der Waals surface area contributed by atoms with Crippen LogP contribution in [0, 0.1) is 27.7 Å². The van der Waals surface area contributed by atoms with E-state index in [1.54, 1.807) is 58.9 Å². The third-order valence-corrected chi connectivity index (χ3v) is 6.89. The summed E-state index contributed by atoms with van der Waals surface area (Å²) in [6, 6.07) is 7.70. The van der Waals surface area contributed by atoms with Crippen LogP contribution in [0.25, 0.3) is 0 Å². The zero-order chi connectivity index (χ0) is 25.8. The van der Waals surface area contributed by atoms with E-state index in [1.807, 2.05) is 19.9 Å². The van der Waals surface area contributed by atoms with E-state index in [1.165, 1.54) is 0 Å². The van der Waals surface area contributed by atoms with Crippen molar-refractivity contribution in [3.05, 3.63) is 63.7 Å². The van der Waals surface area contributed by atoms with Gasteiger partial charge in [-0.15, -0.1) is 4.40 Å². The van der Waals surface area contributed by atoms with Gasteiger partial charge in [0.15, 0.2) is 0 Å². The zero-order valence-corrected chi connectivity index (χ0v) is 22.0. The van der Waals surface area contributed by atoms with Crippen LogP contribution < -0.4 is 11.1 Å². The Morgan fingerprint density at radius 1 is 1.11 bits per heavy atom. The average molecular weight is 506 g/mol. The molecule has 192 valence electrons. The fraction of sp³-hybridized carbons (Fsp3) is 0.400. The first kappa shape index (κ1) is 29.8. The van der Waals surface area contributed by atoms with E-state index < -0.39 is 27.8 Å². The zero-order valence-electron chi connectivity index (χ0n) is 21.2. The lowest BCUT2D eigenvalue weighted by molar-refractivity contribution is -0.109. The van der Waals surface area contributed by atoms with Gasteiger partial charge in [0.2, 0.25) is 0 Å². The first-order valence-electron chi connectivity index (χ1n) is 10.9. The molecule has 0 aliphatic rings. The number of nitrogens with zero attached hydrogens (tertiary/aromatic N) is 1. The minimum Gasteiger partial charge on any atom is -0.444 e. The molecule has 0 aliphatic heterocycles. The number of benzene rings is 2. The SMILES string of the molecule is Cc1cc(C)c(S(=O)(=O)N=C(N)c2cccc(CC(C=O)NC(=O)OC(C)(C)C)c2)c(C)c1C.O. The number of hydrogen-bond acceptors (Lipinski definition) is 5. The summed E-state index contributed by atoms with van der Waals surface area (Å²) in [5.74, 6) is -0.165. The van der Waals surface area contributed by atoms with E-state index in [4.69, 9.17) is 10.5 Å². The maximum absolute atomic E-state index is 13.1. The number of sulfonamides is 1. The van der Waals surface area contributed by atoms with Gasteiger partial charge in [-0.05, 0) is 88.8 Å². The number of ether oxygens (including phenoxy) is 1. The van der Waals surface area contributed by atoms with Gasteiger partial charge >= 0.3 is 6.09 Å². The molecule has 0 saturated heterocycles. The molecule has 0 aromatic heterocycles. The molecule has 1 atom stereocenters. The Morgan fingerprint density at radius 3 is 2.31 bits per heavy atom. The van der Waals surface area contributed by atoms with Crippen LogP contribution in [-0.4, -0.2) is 43.8 Å². The Labute approximate surface area is 207 Å². The minimum absolute atomic E-state index is 0. The van der Waals surface area contributed by atoms with Crippen molar-refractivity contribution in [3.8, 4) is 0 Å². The molecule has 9 nitrogen and oxygen atoms in total. The molecule has 2 aromatic carbocycles. The number of aldehydes is 1. The molecule has 0 bridgehead atoms. The maximum Gasteiger partial charge on any atom is 0.408 e. The third-order valence-electron chi connectivity index (χ3n) is 5.31. The molecule has 0 fully saturated rings. The number of carbonyl (C=O) groups is 2. The molecular weight excluding hydrogens is 470 g/mol. The van der Waals surface area contributed by atoms with Crippen LogP contribution in [0.5, 0.6) is 0 Å². The van der Waals surface area contributed by atoms with Gasteiger partial charge in [-0.2, -0.15) is 8.42 Å². The van der Waals surface area contributed by atoms with Gasteiger partial charge in [0, 0.05) is 5.56 Å². The van der Waals surface area contributed by atoms with Crippen molar-refractivity contribution >= 4 is 28.2 Å². The van der Waals surface area contributed by atoms with Crippen LogP contribution in [0.4, 0.5) is 4.79 Å². The lowest BCUT2D eigenvalue weighted by Gasteiger charge is -2.21. The van der Waals surface area contributed by atoms with E-state index in [-0.39, 0.29) is 22.6 Å². The highest BCUT2D eigenvalue weighted by molar-refractivity contribution is 7.90. The van der Waals surface area contributed by atoms with Crippen LogP contribution in [0.2, 0.25) is 0 Å². The Bertz CT molecular complexity index is 1230. The first-order valence-corrected chi connectivity index (χ1v) is 12.3. The molecule has 2 rings (SSSR count). The fourth-order valence-corrected chi connectivity index (χ4v) is 5.05. The highest BCUT2D eigenvalue weighted by atomic mass is 32.2. The number of aryl methyl sites for hydroxylation is 2. The molecule has 5 N–H and O–H groups in total. The van der Waals surface area contributed by atoms with Crippen LogP contribution in [0.15, 0.2) is 39.6 Å². The van der Waals surface area contributed by atoms with Crippen LogP contribution in [0.1, 0.15) is 54.2 Å². The van der Waals surface area contributed by atoms with Crippen LogP contribution >= 0.6 is 0 Å². The third kappa shape index (κ3) is 7.90. The normalized spacial score (nSPS) is 12.9. The second-order valence-electron chi connectivity index (χ2n) is 9.33. The molecule has 1 amide bonds. The summed E-state index contributed by atoms with van der Waals surface area (Å²) in [6.45, 7) is 12.5. The summed E-state index contributed by atoms with van der Waals surface area (Å²) >= 11 is 0. The van der Waals surface area contributed by atoms with Crippen LogP contribution in [-0.2, 0) is 26.0 Å². The second-order valence-corrected chi connectivity index (χ2v) is 10.9. The molecule has 35 heavy (non-hydrogen) atoms. The predicted octanol–water partition coefficient (Wildman–Crippen LogP) is 2.82. The number of nitrogens with two attached hydrogens (primary N) is 1. The van der Waals surface area contributed by atoms with Crippen molar-refractivity contribution in [1.82, 2.24) is 5.32 Å². The summed E-state index contributed by atoms with van der Waals surface area (Å²) in [6.07, 6.45) is 0.0857. The topological polar surface area (TPSA) is 159 Å². The summed E-state index contributed by atoms with van der Waals surface area (Å²) in [4.78, 5) is 23.6. The van der Waals surface area contributed by atoms with Crippen molar-refractivity contribution < 1.29 is 28.2 Å². The monoisotopic (exact) mass is 505 g/mol. The molecule has 0 spiro atoms. The Balaban J connectivity index is 0.00000612. The summed E-state index contributed by atoms with van der Waals surface area (Å²) in [7, 11) is -4.05. The van der Waals surface area contributed by atoms with Crippen molar-refractivity contribution in [2.75, 3.05) is 0 Å². The standard InChI is InChI=1S/C25H33N3O5S.H2O/c1-15-11-16(2)22(18(4)17(15)3)34(31,32)28-23(26)20-10-8-9-19(12-20)13-21(14-29)27-24(30)33-25(5,6)7;/h8-12,14,21H,13H2,1-7H3,(H2,26,28)(H,27,30);1H2. The first-order chi connectivity index (χ1) is 15.6. The van der Waals surface area contributed by atoms with Gasteiger partial charge in [-0.3, -0.25) is 0 Å². The van der Waals surface area contributed by atoms with Crippen molar-refractivity contribution in [1.29, 1.82) is 0 Å². The largest absolute Gasteiger partial charge is 0.444 e. The molecule has 2 aromatic rings. The maximum atomic E-state index is 13.1. The average Bonchev–Trinajstić information content (AvgIpc) is 2.69. The molecule has 10 heteroatoms. The van der Waals surface area contributed by atoms with Gasteiger partial charge < -0.3 is 26.1 Å². The highest BCUT2D eigenvalue weighted by Crippen LogP contribution is 2.27. The summed E-state index contributed by atoms with van der Waals surface area (Å²) in [5, 5.41) is 2.52. The van der Waals surface area contributed by atoms with Crippen LogP contribution in [0.3, 0.4) is 0 Å². The van der Waals surface area contributed by atoms with Crippen molar-refractivity contribution in [2.24, 2.45) is 10.1 Å². The Hall–Kier alpha value is -3.24. The number of hydrogen-bond donors (Lipinski definition) is 2. The quantitative estimate of drug-likeness (QED) is 0.334. The lowest BCUT2D eigenvalue weighted by atomic mass is 10.0. The van der Waals surface area contributed by atoms with E-state index in [0.717, 1.165) is 11.1 Å². The highest BCUT2D eigenvalue weighted by Gasteiger charge is 2.23. The van der Waals surface area contributed by atoms with E-state index in [0.29, 0.717) is 28.5 Å². The predicted molar refractivity (Wildman–Crippen MR) is 136 cm³/mol. The van der Waals surface area contributed by atoms with E-state index >= 15 is 0 Å². The molecule has 1 unspecified atom stereocenters. The van der Waals surface area contributed by atoms with E-state index in [9.17, 15) is 18.0 Å². The summed E-state index contributed by atoms with van der Waals surface area (Å²) in [5.41, 5.74) is 9.58. The van der Waals surface area contributed by atoms with Gasteiger partial charge in [0.1, 0.15) is 17.7 Å². The minimum atomic E-state index is -4.05.